The summed E-state index contributed by atoms with van der Waals surface area (Å²) in [6.45, 7) is 2.03. The highest BCUT2D eigenvalue weighted by atomic mass is 32.1. The van der Waals surface area contributed by atoms with Gasteiger partial charge >= 0.3 is 0 Å². The maximum atomic E-state index is 5.66. The summed E-state index contributed by atoms with van der Waals surface area (Å²) < 4.78 is 4.80. The van der Waals surface area contributed by atoms with E-state index in [-0.39, 0.29) is 0 Å². The summed E-state index contributed by atoms with van der Waals surface area (Å²) in [5.74, 6) is 3.29. The number of fused-ring (bicyclic) bond motifs is 13. The number of benzene rings is 6. The van der Waals surface area contributed by atoms with Crippen LogP contribution < -0.4 is 0 Å². The van der Waals surface area contributed by atoms with Crippen molar-refractivity contribution in [3.63, 3.8) is 0 Å². The Bertz CT molecular complexity index is 2790. The molecule has 3 nitrogen and oxygen atoms in total. The molecule has 4 heteroatoms. The van der Waals surface area contributed by atoms with Gasteiger partial charge in [-0.1, -0.05) is 103 Å². The van der Waals surface area contributed by atoms with Crippen LogP contribution in [0.1, 0.15) is 12.6 Å². The first-order valence-corrected chi connectivity index (χ1v) is 15.8. The quantitative estimate of drug-likeness (QED) is 0.116. The number of nitrogens with zero attached hydrogens (tertiary/aromatic N) is 3. The van der Waals surface area contributed by atoms with Crippen LogP contribution in [0.25, 0.3) is 85.9 Å². The third-order valence-corrected chi connectivity index (χ3v) is 10.1. The minimum Gasteiger partial charge on any atom is -0.276 e. The zero-order chi connectivity index (χ0) is 30.1. The number of terminal acetylenes is 1. The van der Waals surface area contributed by atoms with Crippen LogP contribution in [-0.2, 0) is 0 Å². The Morgan fingerprint density at radius 1 is 0.711 bits per heavy atom. The minimum absolute atomic E-state index is 0.641. The predicted octanol–water partition coefficient (Wildman–Crippen LogP) is 11.0. The van der Waals surface area contributed by atoms with E-state index in [9.17, 15) is 0 Å². The predicted molar refractivity (Wildman–Crippen MR) is 193 cm³/mol. The van der Waals surface area contributed by atoms with E-state index in [1.807, 2.05) is 24.3 Å². The third-order valence-electron chi connectivity index (χ3n) is 8.87. The van der Waals surface area contributed by atoms with Gasteiger partial charge in [0.2, 0.25) is 5.95 Å². The molecule has 0 aliphatic carbocycles. The molecule has 210 valence electrons. The van der Waals surface area contributed by atoms with Crippen LogP contribution in [0.2, 0.25) is 0 Å². The highest BCUT2D eigenvalue weighted by molar-refractivity contribution is 7.27. The largest absolute Gasteiger partial charge is 0.276 e. The van der Waals surface area contributed by atoms with Gasteiger partial charge in [-0.25, -0.2) is 9.97 Å². The molecule has 0 saturated heterocycles. The topological polar surface area (TPSA) is 30.7 Å². The summed E-state index contributed by atoms with van der Waals surface area (Å²) in [5.41, 5.74) is 4.94. The maximum absolute atomic E-state index is 5.66. The molecule has 0 radical (unpaired) electrons. The van der Waals surface area contributed by atoms with E-state index in [4.69, 9.17) is 16.4 Å². The van der Waals surface area contributed by atoms with Crippen molar-refractivity contribution < 1.29 is 0 Å². The summed E-state index contributed by atoms with van der Waals surface area (Å²) in [6, 6.07) is 38.9. The number of para-hydroxylation sites is 1. The summed E-state index contributed by atoms with van der Waals surface area (Å²) in [7, 11) is 0. The van der Waals surface area contributed by atoms with Crippen molar-refractivity contribution in [1.82, 2.24) is 14.5 Å². The van der Waals surface area contributed by atoms with Crippen molar-refractivity contribution in [3.05, 3.63) is 133 Å². The number of allylic oxidation sites excluding steroid dienone is 4. The second kappa shape index (κ2) is 9.89. The number of rotatable bonds is 3. The molecule has 45 heavy (non-hydrogen) atoms. The van der Waals surface area contributed by atoms with Gasteiger partial charge in [0.1, 0.15) is 0 Å². The molecule has 0 N–H and O–H groups in total. The second-order valence-electron chi connectivity index (χ2n) is 11.2. The molecule has 0 fully saturated rings. The lowest BCUT2D eigenvalue weighted by molar-refractivity contribution is 1.01. The Labute approximate surface area is 263 Å². The van der Waals surface area contributed by atoms with E-state index in [0.717, 1.165) is 44.0 Å². The smallest absolute Gasteiger partial charge is 0.235 e. The number of aromatic nitrogens is 3. The standard InChI is InChI=1S/C41H25N3S/c1-3-5-14-25(4-2)37-32-24-23-26-15-6-7-16-27(26)38(32)43-41(42-37)44-33-21-12-10-19-30(33)35-28-17-8-9-18-29(28)36-31-20-11-13-22-34(31)45-40(36)39(35)44/h1,4-24H,2H3/b14-5-,25-4+. The molecule has 0 bridgehead atoms. The van der Waals surface area contributed by atoms with Gasteiger partial charge in [0.05, 0.1) is 26.9 Å². The van der Waals surface area contributed by atoms with E-state index in [1.165, 1.54) is 41.7 Å². The van der Waals surface area contributed by atoms with E-state index in [0.29, 0.717) is 5.95 Å². The van der Waals surface area contributed by atoms with Crippen LogP contribution in [0.4, 0.5) is 0 Å². The Balaban J connectivity index is 1.54. The van der Waals surface area contributed by atoms with Gasteiger partial charge < -0.3 is 0 Å². The van der Waals surface area contributed by atoms with Gasteiger partial charge in [-0.3, -0.25) is 4.57 Å². The fraction of sp³-hybridized carbons (Fsp3) is 0.0244. The van der Waals surface area contributed by atoms with E-state index in [1.54, 1.807) is 6.08 Å². The number of hydrogen-bond acceptors (Lipinski definition) is 3. The molecule has 0 saturated carbocycles. The summed E-state index contributed by atoms with van der Waals surface area (Å²) in [5, 5.41) is 10.7. The Morgan fingerprint density at radius 2 is 1.40 bits per heavy atom. The first kappa shape index (κ1) is 25.7. The average Bonchev–Trinajstić information content (AvgIpc) is 3.65. The van der Waals surface area contributed by atoms with Crippen LogP contribution in [0.15, 0.2) is 127 Å². The van der Waals surface area contributed by atoms with Crippen molar-refractivity contribution in [3.8, 4) is 18.3 Å². The fourth-order valence-electron chi connectivity index (χ4n) is 6.96. The third kappa shape index (κ3) is 3.65. The van der Waals surface area contributed by atoms with Crippen LogP contribution in [0, 0.1) is 12.3 Å². The molecule has 9 rings (SSSR count). The SMILES string of the molecule is C#C/C=C\C(=C/C)c1nc(-n2c3ccccc3c3c4ccccc4c4c5ccccc5sc4c32)nc2c1ccc1ccccc12. The molecule has 0 atom stereocenters. The van der Waals surface area contributed by atoms with Gasteiger partial charge in [0.25, 0.3) is 0 Å². The molecule has 9 aromatic rings. The van der Waals surface area contributed by atoms with E-state index < -0.39 is 0 Å². The molecular formula is C41H25N3S. The van der Waals surface area contributed by atoms with Crippen molar-refractivity contribution in [2.45, 2.75) is 6.92 Å². The fourth-order valence-corrected chi connectivity index (χ4v) is 8.21. The van der Waals surface area contributed by atoms with Crippen LogP contribution in [-0.4, -0.2) is 14.5 Å². The number of thiophene rings is 1. The summed E-state index contributed by atoms with van der Waals surface area (Å²) in [6.07, 6.45) is 11.4. The lowest BCUT2D eigenvalue weighted by Gasteiger charge is -2.14. The zero-order valence-electron chi connectivity index (χ0n) is 24.5. The van der Waals surface area contributed by atoms with E-state index in [2.05, 4.69) is 126 Å². The maximum Gasteiger partial charge on any atom is 0.235 e. The molecule has 0 spiro atoms. The van der Waals surface area contributed by atoms with Crippen molar-refractivity contribution in [2.24, 2.45) is 0 Å². The van der Waals surface area contributed by atoms with Crippen molar-refractivity contribution in [2.75, 3.05) is 0 Å². The van der Waals surface area contributed by atoms with Crippen molar-refractivity contribution in [1.29, 1.82) is 0 Å². The molecule has 0 unspecified atom stereocenters. The highest BCUT2D eigenvalue weighted by Gasteiger charge is 2.23. The van der Waals surface area contributed by atoms with Gasteiger partial charge in [-0.05, 0) is 59.0 Å². The molecule has 6 aromatic carbocycles. The minimum atomic E-state index is 0.641. The van der Waals surface area contributed by atoms with E-state index >= 15 is 0 Å². The van der Waals surface area contributed by atoms with Crippen LogP contribution in [0.5, 0.6) is 0 Å². The Kier molecular flexibility index (Phi) is 5.65. The van der Waals surface area contributed by atoms with Crippen molar-refractivity contribution >= 4 is 91.3 Å². The molecule has 0 amide bonds. The number of hydrogen-bond donors (Lipinski definition) is 0. The van der Waals surface area contributed by atoms with Gasteiger partial charge in [0.15, 0.2) is 0 Å². The molecular weight excluding hydrogens is 567 g/mol. The first-order valence-electron chi connectivity index (χ1n) is 15.0. The van der Waals surface area contributed by atoms with Crippen LogP contribution >= 0.6 is 11.3 Å². The first-order chi connectivity index (χ1) is 22.3. The summed E-state index contributed by atoms with van der Waals surface area (Å²) >= 11 is 1.84. The molecule has 0 aliphatic heterocycles. The molecule has 3 heterocycles. The highest BCUT2D eigenvalue weighted by Crippen LogP contribution is 2.47. The zero-order valence-corrected chi connectivity index (χ0v) is 25.3. The summed E-state index contributed by atoms with van der Waals surface area (Å²) in [4.78, 5) is 10.8. The van der Waals surface area contributed by atoms with Gasteiger partial charge in [-0.2, -0.15) is 0 Å². The molecule has 0 aliphatic rings. The molecule has 3 aromatic heterocycles. The van der Waals surface area contributed by atoms with Gasteiger partial charge in [-0.15, -0.1) is 17.8 Å². The monoisotopic (exact) mass is 591 g/mol. The second-order valence-corrected chi connectivity index (χ2v) is 12.3. The Hall–Kier alpha value is -5.76. The lowest BCUT2D eigenvalue weighted by Crippen LogP contribution is -2.05. The van der Waals surface area contributed by atoms with Crippen LogP contribution in [0.3, 0.4) is 0 Å². The average molecular weight is 592 g/mol. The Morgan fingerprint density at radius 3 is 2.20 bits per heavy atom. The normalized spacial score (nSPS) is 12.6. The lowest BCUT2D eigenvalue weighted by atomic mass is 9.99. The van der Waals surface area contributed by atoms with Gasteiger partial charge in [0, 0.05) is 37.0 Å².